The number of aliphatic hydroxyl groups excluding tert-OH is 1. The molecule has 4 nitrogen and oxygen atoms in total. The fourth-order valence-corrected chi connectivity index (χ4v) is 4.75. The highest BCUT2D eigenvalue weighted by Crippen LogP contribution is 2.33. The van der Waals surface area contributed by atoms with Crippen LogP contribution in [0.1, 0.15) is 32.3 Å². The number of halogens is 1. The largest absolute Gasteiger partial charge is 0.392 e. The molecule has 1 heterocycles. The van der Waals surface area contributed by atoms with Gasteiger partial charge < -0.3 is 5.11 Å². The first-order chi connectivity index (χ1) is 9.26. The molecule has 112 valence electrons. The Bertz CT molecular complexity index is 598. The summed E-state index contributed by atoms with van der Waals surface area (Å²) in [6, 6.07) is 4.61. The predicted octanol–water partition coefficient (Wildman–Crippen LogP) is 2.64. The van der Waals surface area contributed by atoms with Crippen LogP contribution in [0.3, 0.4) is 0 Å². The lowest BCUT2D eigenvalue weighted by molar-refractivity contribution is 0.187. The number of aliphatic hydroxyl groups is 1. The van der Waals surface area contributed by atoms with Gasteiger partial charge in [-0.2, -0.15) is 4.31 Å². The number of nitrogens with zero attached hydrogens (tertiary/aromatic N) is 1. The van der Waals surface area contributed by atoms with Crippen LogP contribution in [0.25, 0.3) is 0 Å². The zero-order valence-corrected chi connectivity index (χ0v) is 13.3. The Hall–Kier alpha value is -0.620. The molecule has 1 saturated heterocycles. The molecule has 0 amide bonds. The van der Waals surface area contributed by atoms with Crippen LogP contribution in [0.2, 0.25) is 5.02 Å². The third-order valence-corrected chi connectivity index (χ3v) is 5.99. The highest BCUT2D eigenvalue weighted by atomic mass is 35.5. The Morgan fingerprint density at radius 1 is 1.40 bits per heavy atom. The van der Waals surface area contributed by atoms with Crippen molar-refractivity contribution < 1.29 is 13.5 Å². The van der Waals surface area contributed by atoms with Crippen molar-refractivity contribution in [3.8, 4) is 0 Å². The highest BCUT2D eigenvalue weighted by molar-refractivity contribution is 7.89. The van der Waals surface area contributed by atoms with Crippen LogP contribution in [0.4, 0.5) is 0 Å². The second-order valence-electron chi connectivity index (χ2n) is 6.03. The number of piperidine rings is 1. The van der Waals surface area contributed by atoms with E-state index in [4.69, 9.17) is 16.7 Å². The number of sulfonamides is 1. The van der Waals surface area contributed by atoms with E-state index in [1.807, 2.05) is 0 Å². The summed E-state index contributed by atoms with van der Waals surface area (Å²) in [6.07, 6.45) is 1.87. The molecule has 0 aliphatic carbocycles. The van der Waals surface area contributed by atoms with Crippen LogP contribution in [-0.2, 0) is 16.6 Å². The molecule has 1 aliphatic rings. The monoisotopic (exact) mass is 317 g/mol. The number of hydrogen-bond donors (Lipinski definition) is 1. The summed E-state index contributed by atoms with van der Waals surface area (Å²) >= 11 is 6.04. The molecule has 0 bridgehead atoms. The minimum atomic E-state index is -3.61. The molecule has 0 radical (unpaired) electrons. The summed E-state index contributed by atoms with van der Waals surface area (Å²) in [6.45, 7) is 4.95. The maximum atomic E-state index is 12.7. The summed E-state index contributed by atoms with van der Waals surface area (Å²) in [5.41, 5.74) is 0.524. The van der Waals surface area contributed by atoms with Gasteiger partial charge in [0, 0.05) is 13.1 Å². The van der Waals surface area contributed by atoms with E-state index >= 15 is 0 Å². The normalized spacial score (nSPS) is 20.0. The van der Waals surface area contributed by atoms with E-state index in [0.717, 1.165) is 12.8 Å². The van der Waals surface area contributed by atoms with Crippen molar-refractivity contribution in [2.45, 2.75) is 38.2 Å². The van der Waals surface area contributed by atoms with Crippen molar-refractivity contribution in [1.29, 1.82) is 0 Å². The van der Waals surface area contributed by atoms with E-state index in [1.54, 1.807) is 6.07 Å². The number of benzene rings is 1. The lowest BCUT2D eigenvalue weighted by Crippen LogP contribution is -2.43. The first-order valence-electron chi connectivity index (χ1n) is 6.66. The van der Waals surface area contributed by atoms with E-state index in [2.05, 4.69) is 13.8 Å². The van der Waals surface area contributed by atoms with Gasteiger partial charge >= 0.3 is 0 Å². The molecular weight excluding hydrogens is 298 g/mol. The molecule has 1 aromatic rings. The Kier molecular flexibility index (Phi) is 4.44. The van der Waals surface area contributed by atoms with Crippen LogP contribution in [-0.4, -0.2) is 30.9 Å². The third-order valence-electron chi connectivity index (χ3n) is 3.66. The van der Waals surface area contributed by atoms with Crippen LogP contribution in [0.5, 0.6) is 0 Å². The molecule has 0 aromatic heterocycles. The van der Waals surface area contributed by atoms with Gasteiger partial charge in [0.2, 0.25) is 10.0 Å². The van der Waals surface area contributed by atoms with Gasteiger partial charge in [-0.15, -0.1) is 0 Å². The van der Waals surface area contributed by atoms with Crippen molar-refractivity contribution in [1.82, 2.24) is 4.31 Å². The third kappa shape index (κ3) is 3.17. The van der Waals surface area contributed by atoms with Gasteiger partial charge in [-0.05, 0) is 36.0 Å². The van der Waals surface area contributed by atoms with Gasteiger partial charge in [-0.1, -0.05) is 31.5 Å². The van der Waals surface area contributed by atoms with Gasteiger partial charge in [0.1, 0.15) is 4.90 Å². The predicted molar refractivity (Wildman–Crippen MR) is 79.1 cm³/mol. The van der Waals surface area contributed by atoms with Gasteiger partial charge in [-0.25, -0.2) is 8.42 Å². The second kappa shape index (κ2) is 5.64. The molecule has 0 atom stereocenters. The van der Waals surface area contributed by atoms with E-state index in [-0.39, 0.29) is 21.9 Å². The van der Waals surface area contributed by atoms with Crippen LogP contribution in [0.15, 0.2) is 23.1 Å². The SMILES string of the molecule is CC1(C)CCCN(S(=O)(=O)c2cc(CO)ccc2Cl)C1. The minimum absolute atomic E-state index is 0.0214. The first kappa shape index (κ1) is 15.8. The number of hydrogen-bond acceptors (Lipinski definition) is 3. The van der Waals surface area contributed by atoms with E-state index in [1.165, 1.54) is 16.4 Å². The van der Waals surface area contributed by atoms with Gasteiger partial charge in [0.05, 0.1) is 11.6 Å². The topological polar surface area (TPSA) is 57.6 Å². The Labute approximate surface area is 125 Å². The lowest BCUT2D eigenvalue weighted by atomic mass is 9.85. The van der Waals surface area contributed by atoms with Crippen molar-refractivity contribution in [2.24, 2.45) is 5.41 Å². The van der Waals surface area contributed by atoms with E-state index < -0.39 is 10.0 Å². The van der Waals surface area contributed by atoms with Gasteiger partial charge in [0.15, 0.2) is 0 Å². The average Bonchev–Trinajstić information content (AvgIpc) is 2.38. The summed E-state index contributed by atoms with van der Waals surface area (Å²) in [4.78, 5) is 0.0865. The molecule has 1 aliphatic heterocycles. The van der Waals surface area contributed by atoms with Crippen LogP contribution < -0.4 is 0 Å². The summed E-state index contributed by atoms with van der Waals surface area (Å²) in [5, 5.41) is 9.36. The minimum Gasteiger partial charge on any atom is -0.392 e. The van der Waals surface area contributed by atoms with Gasteiger partial charge in [-0.3, -0.25) is 0 Å². The van der Waals surface area contributed by atoms with Crippen molar-refractivity contribution >= 4 is 21.6 Å². The zero-order valence-electron chi connectivity index (χ0n) is 11.8. The summed E-state index contributed by atoms with van der Waals surface area (Å²) in [7, 11) is -3.61. The Balaban J connectivity index is 2.40. The number of rotatable bonds is 3. The molecule has 0 spiro atoms. The fourth-order valence-electron chi connectivity index (χ4n) is 2.56. The molecule has 20 heavy (non-hydrogen) atoms. The molecule has 0 unspecified atom stereocenters. The molecule has 2 rings (SSSR count). The molecule has 0 saturated carbocycles. The maximum Gasteiger partial charge on any atom is 0.244 e. The molecule has 6 heteroatoms. The van der Waals surface area contributed by atoms with Gasteiger partial charge in [0.25, 0.3) is 0 Å². The van der Waals surface area contributed by atoms with Crippen molar-refractivity contribution in [2.75, 3.05) is 13.1 Å². The highest BCUT2D eigenvalue weighted by Gasteiger charge is 2.35. The van der Waals surface area contributed by atoms with Crippen molar-refractivity contribution in [3.05, 3.63) is 28.8 Å². The Morgan fingerprint density at radius 3 is 2.70 bits per heavy atom. The standard InChI is InChI=1S/C14H20ClNO3S/c1-14(2)6-3-7-16(10-14)20(18,19)13-8-11(9-17)4-5-12(13)15/h4-5,8,17H,3,6-7,9-10H2,1-2H3. The van der Waals surface area contributed by atoms with Crippen LogP contribution in [0, 0.1) is 5.41 Å². The molecule has 1 fully saturated rings. The summed E-state index contributed by atoms with van der Waals surface area (Å²) < 4.78 is 26.9. The molecular formula is C14H20ClNO3S. The smallest absolute Gasteiger partial charge is 0.244 e. The first-order valence-corrected chi connectivity index (χ1v) is 8.47. The molecule has 1 aromatic carbocycles. The fraction of sp³-hybridized carbons (Fsp3) is 0.571. The molecule has 1 N–H and O–H groups in total. The second-order valence-corrected chi connectivity index (χ2v) is 8.34. The van der Waals surface area contributed by atoms with E-state index in [9.17, 15) is 8.42 Å². The Morgan fingerprint density at radius 2 is 2.10 bits per heavy atom. The van der Waals surface area contributed by atoms with E-state index in [0.29, 0.717) is 18.7 Å². The maximum absolute atomic E-state index is 12.7. The lowest BCUT2D eigenvalue weighted by Gasteiger charge is -2.37. The average molecular weight is 318 g/mol. The summed E-state index contributed by atoms with van der Waals surface area (Å²) in [5.74, 6) is 0. The zero-order chi connectivity index (χ0) is 15.0. The van der Waals surface area contributed by atoms with Crippen molar-refractivity contribution in [3.63, 3.8) is 0 Å². The van der Waals surface area contributed by atoms with Crippen LogP contribution >= 0.6 is 11.6 Å². The quantitative estimate of drug-likeness (QED) is 0.932.